The summed E-state index contributed by atoms with van der Waals surface area (Å²) < 4.78 is 0. The van der Waals surface area contributed by atoms with Crippen molar-refractivity contribution in [1.82, 2.24) is 10.2 Å². The summed E-state index contributed by atoms with van der Waals surface area (Å²) in [6.07, 6.45) is 3.43. The van der Waals surface area contributed by atoms with Crippen molar-refractivity contribution in [2.24, 2.45) is 0 Å². The van der Waals surface area contributed by atoms with E-state index in [1.165, 1.54) is 24.1 Å². The summed E-state index contributed by atoms with van der Waals surface area (Å²) in [4.78, 5) is 16.5. The van der Waals surface area contributed by atoms with E-state index >= 15 is 0 Å². The van der Waals surface area contributed by atoms with Crippen LogP contribution in [-0.2, 0) is 5.41 Å². The van der Waals surface area contributed by atoms with Gasteiger partial charge in [-0.15, -0.1) is 0 Å². The lowest BCUT2D eigenvalue weighted by Gasteiger charge is -2.36. The number of amides is 2. The van der Waals surface area contributed by atoms with Crippen LogP contribution >= 0.6 is 0 Å². The highest BCUT2D eigenvalue weighted by Gasteiger charge is 2.21. The summed E-state index contributed by atoms with van der Waals surface area (Å²) in [6.45, 7) is 13.1. The van der Waals surface area contributed by atoms with Crippen molar-refractivity contribution in [3.8, 4) is 0 Å². The second-order valence-electron chi connectivity index (χ2n) is 7.71. The molecule has 0 unspecified atom stereocenters. The van der Waals surface area contributed by atoms with E-state index in [1.807, 2.05) is 4.90 Å². The lowest BCUT2D eigenvalue weighted by molar-refractivity contribution is 0.194. The van der Waals surface area contributed by atoms with Gasteiger partial charge in [0.1, 0.15) is 0 Å². The van der Waals surface area contributed by atoms with Crippen LogP contribution in [0.25, 0.3) is 0 Å². The molecule has 1 aliphatic rings. The summed E-state index contributed by atoms with van der Waals surface area (Å²) in [5.74, 6) is 0. The van der Waals surface area contributed by atoms with Crippen molar-refractivity contribution in [3.05, 3.63) is 29.8 Å². The third-order valence-corrected chi connectivity index (χ3v) is 4.72. The molecular weight excluding hydrogens is 298 g/mol. The Balaban J connectivity index is 1.81. The quantitative estimate of drug-likeness (QED) is 0.828. The van der Waals surface area contributed by atoms with E-state index in [2.05, 4.69) is 62.2 Å². The highest BCUT2D eigenvalue weighted by molar-refractivity contribution is 5.74. The minimum absolute atomic E-state index is 0.0915. The van der Waals surface area contributed by atoms with Gasteiger partial charge in [0.15, 0.2) is 0 Å². The standard InChI is InChI=1S/C20H33N3O/c1-5-6-7-12-21-19(24)23-15-13-22(14-16-23)18-10-8-17(9-11-18)20(2,3)4/h8-11H,5-7,12-16H2,1-4H3,(H,21,24). The van der Waals surface area contributed by atoms with Gasteiger partial charge in [-0.25, -0.2) is 4.79 Å². The Labute approximate surface area is 147 Å². The normalized spacial score (nSPS) is 15.5. The number of piperazine rings is 1. The number of urea groups is 1. The molecule has 0 atom stereocenters. The molecular formula is C20H33N3O. The van der Waals surface area contributed by atoms with Crippen LogP contribution in [0.5, 0.6) is 0 Å². The number of hydrogen-bond acceptors (Lipinski definition) is 2. The Morgan fingerprint density at radius 2 is 1.67 bits per heavy atom. The summed E-state index contributed by atoms with van der Waals surface area (Å²) in [6, 6.07) is 8.96. The maximum atomic E-state index is 12.2. The third kappa shape index (κ3) is 5.15. The Hall–Kier alpha value is -1.71. The van der Waals surface area contributed by atoms with Gasteiger partial charge in [0.2, 0.25) is 0 Å². The van der Waals surface area contributed by atoms with Gasteiger partial charge in [0.25, 0.3) is 0 Å². The van der Waals surface area contributed by atoms with E-state index in [9.17, 15) is 4.79 Å². The first-order chi connectivity index (χ1) is 11.4. The van der Waals surface area contributed by atoms with Gasteiger partial charge in [0.05, 0.1) is 0 Å². The summed E-state index contributed by atoms with van der Waals surface area (Å²) in [5, 5.41) is 3.03. The zero-order chi connectivity index (χ0) is 17.6. The van der Waals surface area contributed by atoms with Crippen molar-refractivity contribution in [2.45, 2.75) is 52.4 Å². The number of benzene rings is 1. The molecule has 1 aromatic carbocycles. The maximum absolute atomic E-state index is 12.2. The van der Waals surface area contributed by atoms with E-state index in [0.717, 1.165) is 39.1 Å². The first-order valence-electron chi connectivity index (χ1n) is 9.30. The van der Waals surface area contributed by atoms with Crippen LogP contribution in [0.1, 0.15) is 52.5 Å². The van der Waals surface area contributed by atoms with E-state index in [0.29, 0.717) is 0 Å². The predicted molar refractivity (Wildman–Crippen MR) is 102 cm³/mol. The molecule has 0 spiro atoms. The third-order valence-electron chi connectivity index (χ3n) is 4.72. The Kier molecular flexibility index (Phi) is 6.52. The molecule has 1 saturated heterocycles. The molecule has 0 radical (unpaired) electrons. The van der Waals surface area contributed by atoms with Crippen LogP contribution in [0.3, 0.4) is 0 Å². The Bertz CT molecular complexity index is 511. The van der Waals surface area contributed by atoms with Crippen molar-refractivity contribution < 1.29 is 4.79 Å². The fourth-order valence-corrected chi connectivity index (χ4v) is 3.02. The van der Waals surface area contributed by atoms with Crippen molar-refractivity contribution in [3.63, 3.8) is 0 Å². The molecule has 0 aromatic heterocycles. The van der Waals surface area contributed by atoms with Crippen LogP contribution in [0.2, 0.25) is 0 Å². The lowest BCUT2D eigenvalue weighted by Crippen LogP contribution is -2.52. The molecule has 1 N–H and O–H groups in total. The van der Waals surface area contributed by atoms with Gasteiger partial charge in [-0.3, -0.25) is 0 Å². The first-order valence-corrected chi connectivity index (χ1v) is 9.30. The number of unbranched alkanes of at least 4 members (excludes halogenated alkanes) is 2. The van der Waals surface area contributed by atoms with Crippen LogP contribution in [0.4, 0.5) is 10.5 Å². The van der Waals surface area contributed by atoms with Gasteiger partial charge >= 0.3 is 6.03 Å². The number of nitrogens with one attached hydrogen (secondary N) is 1. The molecule has 0 bridgehead atoms. The summed E-state index contributed by atoms with van der Waals surface area (Å²) in [7, 11) is 0. The maximum Gasteiger partial charge on any atom is 0.317 e. The van der Waals surface area contributed by atoms with Crippen LogP contribution < -0.4 is 10.2 Å². The topological polar surface area (TPSA) is 35.6 Å². The largest absolute Gasteiger partial charge is 0.368 e. The van der Waals surface area contributed by atoms with Crippen LogP contribution in [0, 0.1) is 0 Å². The van der Waals surface area contributed by atoms with Gasteiger partial charge in [-0.2, -0.15) is 0 Å². The summed E-state index contributed by atoms with van der Waals surface area (Å²) >= 11 is 0. The second-order valence-corrected chi connectivity index (χ2v) is 7.71. The molecule has 134 valence electrons. The SMILES string of the molecule is CCCCCNC(=O)N1CCN(c2ccc(C(C)(C)C)cc2)CC1. The molecule has 1 heterocycles. The Morgan fingerprint density at radius 3 is 2.21 bits per heavy atom. The van der Waals surface area contributed by atoms with E-state index in [-0.39, 0.29) is 11.4 Å². The molecule has 2 rings (SSSR count). The fraction of sp³-hybridized carbons (Fsp3) is 0.650. The van der Waals surface area contributed by atoms with Crippen LogP contribution in [-0.4, -0.2) is 43.7 Å². The highest BCUT2D eigenvalue weighted by Crippen LogP contribution is 2.25. The summed E-state index contributed by atoms with van der Waals surface area (Å²) in [5.41, 5.74) is 2.80. The number of carbonyl (C=O) groups excluding carboxylic acids is 1. The van der Waals surface area contributed by atoms with Gasteiger partial charge in [-0.05, 0) is 29.5 Å². The van der Waals surface area contributed by atoms with E-state index in [1.54, 1.807) is 0 Å². The van der Waals surface area contributed by atoms with Gasteiger partial charge in [0, 0.05) is 38.4 Å². The first kappa shape index (κ1) is 18.6. The number of carbonyl (C=O) groups is 1. The zero-order valence-electron chi connectivity index (χ0n) is 15.8. The molecule has 4 nitrogen and oxygen atoms in total. The number of anilines is 1. The zero-order valence-corrected chi connectivity index (χ0v) is 15.8. The molecule has 1 aliphatic heterocycles. The molecule has 2 amide bonds. The molecule has 4 heteroatoms. The monoisotopic (exact) mass is 331 g/mol. The predicted octanol–water partition coefficient (Wildman–Crippen LogP) is 4.01. The van der Waals surface area contributed by atoms with Gasteiger partial charge in [-0.1, -0.05) is 52.7 Å². The molecule has 0 aliphatic carbocycles. The molecule has 0 saturated carbocycles. The molecule has 1 fully saturated rings. The molecule has 1 aromatic rings. The van der Waals surface area contributed by atoms with Crippen molar-refractivity contribution in [1.29, 1.82) is 0 Å². The van der Waals surface area contributed by atoms with Crippen molar-refractivity contribution >= 4 is 11.7 Å². The molecule has 24 heavy (non-hydrogen) atoms. The van der Waals surface area contributed by atoms with Gasteiger partial charge < -0.3 is 15.1 Å². The number of nitrogens with zero attached hydrogens (tertiary/aromatic N) is 2. The van der Waals surface area contributed by atoms with Crippen LogP contribution in [0.15, 0.2) is 24.3 Å². The van der Waals surface area contributed by atoms with E-state index in [4.69, 9.17) is 0 Å². The highest BCUT2D eigenvalue weighted by atomic mass is 16.2. The fourth-order valence-electron chi connectivity index (χ4n) is 3.02. The van der Waals surface area contributed by atoms with Crippen molar-refractivity contribution in [2.75, 3.05) is 37.6 Å². The average Bonchev–Trinajstić information content (AvgIpc) is 2.58. The minimum Gasteiger partial charge on any atom is -0.368 e. The smallest absolute Gasteiger partial charge is 0.317 e. The van der Waals surface area contributed by atoms with E-state index < -0.39 is 0 Å². The Morgan fingerprint density at radius 1 is 1.04 bits per heavy atom. The average molecular weight is 332 g/mol. The minimum atomic E-state index is 0.0915. The second kappa shape index (κ2) is 8.41. The number of rotatable bonds is 5. The number of hydrogen-bond donors (Lipinski definition) is 1. The lowest BCUT2D eigenvalue weighted by atomic mass is 9.87.